The van der Waals surface area contributed by atoms with Gasteiger partial charge < -0.3 is 9.13 Å². The standard InChI is InChI=1S/C44H24N4S/c45-25-27-15-18-39-36(21-27)33-11-1-3-13-38(33)47(39)31-9-5-7-29(23-31)30-8-6-10-32(24-30)48-40-19-16-28(26-46)22-37(40)43-41(48)20-17-35-34-12-2-4-14-42(34)49-44(35)43/h1-24H. The molecule has 0 aliphatic rings. The van der Waals surface area contributed by atoms with Crippen LogP contribution >= 0.6 is 11.3 Å². The largest absolute Gasteiger partial charge is 0.309 e. The number of nitriles is 2. The van der Waals surface area contributed by atoms with Gasteiger partial charge in [0, 0.05) is 53.1 Å². The maximum atomic E-state index is 9.85. The molecule has 0 bridgehead atoms. The highest BCUT2D eigenvalue weighted by Gasteiger charge is 2.19. The molecule has 4 nitrogen and oxygen atoms in total. The van der Waals surface area contributed by atoms with Gasteiger partial charge in [-0.25, -0.2) is 0 Å². The Bertz CT molecular complexity index is 3090. The van der Waals surface area contributed by atoms with Crippen molar-refractivity contribution in [2.45, 2.75) is 0 Å². The van der Waals surface area contributed by atoms with Gasteiger partial charge in [0.05, 0.1) is 45.3 Å². The van der Waals surface area contributed by atoms with Crippen molar-refractivity contribution in [1.29, 1.82) is 10.5 Å². The van der Waals surface area contributed by atoms with E-state index in [4.69, 9.17) is 0 Å². The van der Waals surface area contributed by atoms with Gasteiger partial charge in [0.15, 0.2) is 0 Å². The van der Waals surface area contributed by atoms with Gasteiger partial charge in [-0.3, -0.25) is 0 Å². The molecule has 49 heavy (non-hydrogen) atoms. The number of rotatable bonds is 3. The topological polar surface area (TPSA) is 57.4 Å². The van der Waals surface area contributed by atoms with Crippen LogP contribution in [0.2, 0.25) is 0 Å². The first-order valence-corrected chi connectivity index (χ1v) is 16.9. The van der Waals surface area contributed by atoms with E-state index in [0.717, 1.165) is 60.7 Å². The third kappa shape index (κ3) is 4.01. The smallest absolute Gasteiger partial charge is 0.0991 e. The van der Waals surface area contributed by atoms with E-state index in [2.05, 4.69) is 143 Å². The lowest BCUT2D eigenvalue weighted by Gasteiger charge is -2.13. The number of thiophene rings is 1. The van der Waals surface area contributed by atoms with Crippen LogP contribution in [-0.2, 0) is 0 Å². The molecule has 0 aliphatic carbocycles. The average molecular weight is 641 g/mol. The summed E-state index contributed by atoms with van der Waals surface area (Å²) in [5.41, 5.74) is 10.0. The molecule has 0 radical (unpaired) electrons. The molecule has 226 valence electrons. The van der Waals surface area contributed by atoms with Crippen LogP contribution in [0.5, 0.6) is 0 Å². The molecule has 0 aliphatic heterocycles. The van der Waals surface area contributed by atoms with Crippen LogP contribution < -0.4 is 0 Å². The fourth-order valence-corrected chi connectivity index (χ4v) is 8.86. The second kappa shape index (κ2) is 10.4. The van der Waals surface area contributed by atoms with Crippen molar-refractivity contribution in [2.24, 2.45) is 0 Å². The van der Waals surface area contributed by atoms with Crippen LogP contribution in [0.15, 0.2) is 146 Å². The van der Waals surface area contributed by atoms with Crippen LogP contribution in [-0.4, -0.2) is 9.13 Å². The zero-order chi connectivity index (χ0) is 32.6. The second-order valence-corrected chi connectivity index (χ2v) is 13.5. The van der Waals surface area contributed by atoms with E-state index < -0.39 is 0 Å². The van der Waals surface area contributed by atoms with Gasteiger partial charge in [-0.05, 0) is 90.0 Å². The van der Waals surface area contributed by atoms with Crippen molar-refractivity contribution in [3.05, 3.63) is 157 Å². The Balaban J connectivity index is 1.18. The zero-order valence-electron chi connectivity index (χ0n) is 26.1. The minimum absolute atomic E-state index is 0.656. The zero-order valence-corrected chi connectivity index (χ0v) is 26.9. The van der Waals surface area contributed by atoms with Crippen LogP contribution in [0.25, 0.3) is 86.3 Å². The van der Waals surface area contributed by atoms with Gasteiger partial charge >= 0.3 is 0 Å². The second-order valence-electron chi connectivity index (χ2n) is 12.4. The molecule has 7 aromatic carbocycles. The Morgan fingerprint density at radius 2 is 1.00 bits per heavy atom. The van der Waals surface area contributed by atoms with Crippen LogP contribution in [0.4, 0.5) is 0 Å². The summed E-state index contributed by atoms with van der Waals surface area (Å²) >= 11 is 1.82. The van der Waals surface area contributed by atoms with E-state index in [-0.39, 0.29) is 0 Å². The van der Waals surface area contributed by atoms with Gasteiger partial charge in [0.25, 0.3) is 0 Å². The molecule has 3 aromatic heterocycles. The highest BCUT2D eigenvalue weighted by Crippen LogP contribution is 2.44. The molecule has 0 amide bonds. The quantitative estimate of drug-likeness (QED) is 0.193. The van der Waals surface area contributed by atoms with E-state index >= 15 is 0 Å². The maximum absolute atomic E-state index is 9.85. The van der Waals surface area contributed by atoms with E-state index in [1.54, 1.807) is 0 Å². The summed E-state index contributed by atoms with van der Waals surface area (Å²) in [4.78, 5) is 0. The molecule has 10 aromatic rings. The van der Waals surface area contributed by atoms with Crippen molar-refractivity contribution < 1.29 is 0 Å². The minimum Gasteiger partial charge on any atom is -0.309 e. The Morgan fingerprint density at radius 3 is 1.71 bits per heavy atom. The third-order valence-electron chi connectivity index (χ3n) is 9.75. The van der Waals surface area contributed by atoms with Crippen molar-refractivity contribution in [3.8, 4) is 34.6 Å². The predicted octanol–water partition coefficient (Wildman–Crippen LogP) is 11.7. The molecule has 0 atom stereocenters. The highest BCUT2D eigenvalue weighted by atomic mass is 32.1. The molecular formula is C44H24N4S. The van der Waals surface area contributed by atoms with Crippen molar-refractivity contribution in [3.63, 3.8) is 0 Å². The average Bonchev–Trinajstić information content (AvgIpc) is 3.82. The number of hydrogen-bond donors (Lipinski definition) is 0. The number of aromatic nitrogens is 2. The first-order chi connectivity index (χ1) is 24.2. The lowest BCUT2D eigenvalue weighted by Crippen LogP contribution is -1.96. The first kappa shape index (κ1) is 27.5. The van der Waals surface area contributed by atoms with Crippen molar-refractivity contribution in [2.75, 3.05) is 0 Å². The third-order valence-corrected chi connectivity index (χ3v) is 10.9. The molecule has 0 N–H and O–H groups in total. The molecular weight excluding hydrogens is 617 g/mol. The number of hydrogen-bond acceptors (Lipinski definition) is 3. The Labute approximate surface area is 285 Å². The van der Waals surface area contributed by atoms with E-state index in [9.17, 15) is 10.5 Å². The molecule has 0 fully saturated rings. The van der Waals surface area contributed by atoms with E-state index in [1.807, 2.05) is 35.6 Å². The summed E-state index contributed by atoms with van der Waals surface area (Å²) in [6.07, 6.45) is 0. The van der Waals surface area contributed by atoms with Crippen LogP contribution in [0.3, 0.4) is 0 Å². The Hall–Kier alpha value is -6.66. The van der Waals surface area contributed by atoms with Gasteiger partial charge in [-0.2, -0.15) is 10.5 Å². The van der Waals surface area contributed by atoms with Gasteiger partial charge in [-0.1, -0.05) is 66.7 Å². The number of benzene rings is 7. The maximum Gasteiger partial charge on any atom is 0.0991 e. The predicted molar refractivity (Wildman–Crippen MR) is 203 cm³/mol. The number of fused-ring (bicyclic) bond motifs is 10. The molecule has 5 heteroatoms. The number of nitrogens with zero attached hydrogens (tertiary/aromatic N) is 4. The normalized spacial score (nSPS) is 11.6. The van der Waals surface area contributed by atoms with Gasteiger partial charge in [-0.15, -0.1) is 11.3 Å². The molecule has 0 unspecified atom stereocenters. The lowest BCUT2D eigenvalue weighted by atomic mass is 10.0. The Kier molecular flexibility index (Phi) is 5.84. The van der Waals surface area contributed by atoms with Crippen molar-refractivity contribution in [1.82, 2.24) is 9.13 Å². The van der Waals surface area contributed by atoms with Crippen LogP contribution in [0.1, 0.15) is 11.1 Å². The summed E-state index contributed by atoms with van der Waals surface area (Å²) in [5, 5.41) is 26.4. The highest BCUT2D eigenvalue weighted by molar-refractivity contribution is 7.26. The fraction of sp³-hybridized carbons (Fsp3) is 0. The first-order valence-electron chi connectivity index (χ1n) is 16.1. The number of para-hydroxylation sites is 1. The summed E-state index contributed by atoms with van der Waals surface area (Å²) in [5.74, 6) is 0. The molecule has 0 spiro atoms. The van der Waals surface area contributed by atoms with Gasteiger partial charge in [0.2, 0.25) is 0 Å². The molecule has 3 heterocycles. The summed E-state index contributed by atoms with van der Waals surface area (Å²) in [6.45, 7) is 0. The summed E-state index contributed by atoms with van der Waals surface area (Å²) in [7, 11) is 0. The van der Waals surface area contributed by atoms with E-state index in [0.29, 0.717) is 11.1 Å². The fourth-order valence-electron chi connectivity index (χ4n) is 7.60. The molecule has 0 saturated heterocycles. The lowest BCUT2D eigenvalue weighted by molar-refractivity contribution is 1.17. The molecule has 0 saturated carbocycles. The minimum atomic E-state index is 0.656. The molecule has 10 rings (SSSR count). The monoisotopic (exact) mass is 640 g/mol. The summed E-state index contributed by atoms with van der Waals surface area (Å²) < 4.78 is 7.13. The van der Waals surface area contributed by atoms with Crippen molar-refractivity contribution >= 4 is 75.1 Å². The Morgan fingerprint density at radius 1 is 0.429 bits per heavy atom. The van der Waals surface area contributed by atoms with E-state index in [1.165, 1.54) is 25.6 Å². The summed E-state index contributed by atoms with van der Waals surface area (Å²) in [6, 6.07) is 55.4. The SMILES string of the molecule is N#Cc1ccc2c(c1)c1ccccc1n2-c1cccc(-c2cccc(-n3c4ccc(C#N)cc4c4c5sc6ccccc6c5ccc43)c2)c1. The van der Waals surface area contributed by atoms with Crippen LogP contribution in [0, 0.1) is 22.7 Å². The van der Waals surface area contributed by atoms with Gasteiger partial charge in [0.1, 0.15) is 0 Å².